The Morgan fingerprint density at radius 3 is 2.75 bits per heavy atom. The Kier molecular flexibility index (Phi) is 3.11. The van der Waals surface area contributed by atoms with Crippen LogP contribution in [0.4, 0.5) is 0 Å². The van der Waals surface area contributed by atoms with Crippen molar-refractivity contribution in [2.75, 3.05) is 13.3 Å². The number of nitrogens with one attached hydrogen (secondary N) is 2. The van der Waals surface area contributed by atoms with Gasteiger partial charge in [-0.25, -0.2) is 14.9 Å². The lowest BCUT2D eigenvalue weighted by Crippen LogP contribution is -3.18. The highest BCUT2D eigenvalue weighted by atomic mass is 16.6. The van der Waals surface area contributed by atoms with Crippen LogP contribution >= 0.6 is 0 Å². The molecule has 3 aliphatic rings. The summed E-state index contributed by atoms with van der Waals surface area (Å²) in [6.45, 7) is -0.335. The van der Waals surface area contributed by atoms with Crippen LogP contribution in [0.2, 0.25) is 0 Å². The molecular weight excluding hydrogens is 270 g/mol. The van der Waals surface area contributed by atoms with Crippen LogP contribution in [0.25, 0.3) is 0 Å². The van der Waals surface area contributed by atoms with Gasteiger partial charge in [-0.3, -0.25) is 5.41 Å². The van der Waals surface area contributed by atoms with E-state index in [1.165, 1.54) is 0 Å². The SMILES string of the molecule is N=C1N=C([O-])N=C2C1=NC[NH+]2C1OC(CO)C(O)C1O. The van der Waals surface area contributed by atoms with Crippen LogP contribution in [0.5, 0.6) is 0 Å². The summed E-state index contributed by atoms with van der Waals surface area (Å²) < 4.78 is 5.38. The van der Waals surface area contributed by atoms with Crippen molar-refractivity contribution in [3.8, 4) is 0 Å². The Bertz CT molecular complexity index is 544. The molecule has 5 N–H and O–H groups in total. The van der Waals surface area contributed by atoms with E-state index in [0.717, 1.165) is 0 Å². The molecule has 20 heavy (non-hydrogen) atoms. The minimum Gasteiger partial charge on any atom is -0.844 e. The highest BCUT2D eigenvalue weighted by Crippen LogP contribution is 2.18. The first-order valence-electron chi connectivity index (χ1n) is 5.99. The molecule has 5 atom stereocenters. The van der Waals surface area contributed by atoms with E-state index in [2.05, 4.69) is 15.0 Å². The van der Waals surface area contributed by atoms with Crippen LogP contribution in [0, 0.1) is 5.41 Å². The highest BCUT2D eigenvalue weighted by Gasteiger charge is 2.52. The van der Waals surface area contributed by atoms with Crippen molar-refractivity contribution in [1.29, 1.82) is 5.41 Å². The summed E-state index contributed by atoms with van der Waals surface area (Å²) in [5, 5.41) is 47.6. The van der Waals surface area contributed by atoms with Crippen molar-refractivity contribution in [2.45, 2.75) is 24.5 Å². The molecule has 1 saturated heterocycles. The van der Waals surface area contributed by atoms with Crippen LogP contribution in [-0.2, 0) is 4.74 Å². The Hall–Kier alpha value is -1.72. The van der Waals surface area contributed by atoms with Crippen molar-refractivity contribution in [2.24, 2.45) is 15.0 Å². The van der Waals surface area contributed by atoms with Crippen molar-refractivity contribution < 1.29 is 30.1 Å². The second-order valence-corrected chi connectivity index (χ2v) is 4.65. The quantitative estimate of drug-likeness (QED) is 0.342. The maximum Gasteiger partial charge on any atom is 0.260 e. The molecule has 10 nitrogen and oxygen atoms in total. The van der Waals surface area contributed by atoms with Gasteiger partial charge in [0.2, 0.25) is 6.23 Å². The molecule has 0 bridgehead atoms. The van der Waals surface area contributed by atoms with Crippen LogP contribution < -0.4 is 10.0 Å². The number of ether oxygens (including phenoxy) is 1. The fourth-order valence-corrected chi connectivity index (χ4v) is 2.46. The maximum absolute atomic E-state index is 11.3. The predicted octanol–water partition coefficient (Wildman–Crippen LogP) is -5.17. The van der Waals surface area contributed by atoms with Gasteiger partial charge in [-0.2, -0.15) is 4.99 Å². The normalized spacial score (nSPS) is 40.2. The topological polar surface area (TPSA) is 158 Å². The van der Waals surface area contributed by atoms with Crippen LogP contribution in [0.15, 0.2) is 15.0 Å². The summed E-state index contributed by atoms with van der Waals surface area (Å²) in [5.74, 6) is -0.105. The molecule has 0 aliphatic carbocycles. The average Bonchev–Trinajstić information content (AvgIpc) is 2.93. The first-order chi connectivity index (χ1) is 9.52. The fraction of sp³-hybridized carbons (Fsp3) is 0.600. The Balaban J connectivity index is 1.87. The molecule has 3 heterocycles. The summed E-state index contributed by atoms with van der Waals surface area (Å²) in [7, 11) is 0. The molecule has 0 amide bonds. The molecule has 3 aliphatic heterocycles. The summed E-state index contributed by atoms with van der Waals surface area (Å²) in [5.41, 5.74) is 0.178. The fourth-order valence-electron chi connectivity index (χ4n) is 2.46. The van der Waals surface area contributed by atoms with Gasteiger partial charge in [-0.15, -0.1) is 0 Å². The van der Waals surface area contributed by atoms with Gasteiger partial charge in [-0.1, -0.05) is 0 Å². The van der Waals surface area contributed by atoms with Gasteiger partial charge in [0.25, 0.3) is 5.84 Å². The molecule has 0 aromatic heterocycles. The molecule has 0 aromatic carbocycles. The van der Waals surface area contributed by atoms with Crippen molar-refractivity contribution in [1.82, 2.24) is 0 Å². The molecule has 5 unspecified atom stereocenters. The van der Waals surface area contributed by atoms with Gasteiger partial charge >= 0.3 is 0 Å². The zero-order valence-corrected chi connectivity index (χ0v) is 10.2. The molecular formula is C10H13N5O5. The minimum absolute atomic E-state index is 0.103. The monoisotopic (exact) mass is 283 g/mol. The third kappa shape index (κ3) is 1.85. The molecule has 0 spiro atoms. The van der Waals surface area contributed by atoms with E-state index in [4.69, 9.17) is 15.3 Å². The minimum atomic E-state index is -1.25. The van der Waals surface area contributed by atoms with Gasteiger partial charge < -0.3 is 25.2 Å². The van der Waals surface area contributed by atoms with Crippen LogP contribution in [0.1, 0.15) is 0 Å². The van der Waals surface area contributed by atoms with E-state index in [-0.39, 0.29) is 24.1 Å². The van der Waals surface area contributed by atoms with Gasteiger partial charge in [0, 0.05) is 0 Å². The molecule has 108 valence electrons. The number of rotatable bonds is 2. The third-order valence-corrected chi connectivity index (χ3v) is 3.46. The number of nitrogens with zero attached hydrogens (tertiary/aromatic N) is 3. The number of hydrogen-bond donors (Lipinski definition) is 5. The number of hydrogen-bond acceptors (Lipinski definition) is 8. The summed E-state index contributed by atoms with van der Waals surface area (Å²) >= 11 is 0. The van der Waals surface area contributed by atoms with E-state index in [0.29, 0.717) is 4.90 Å². The van der Waals surface area contributed by atoms with Crippen LogP contribution in [-0.4, -0.2) is 76.5 Å². The van der Waals surface area contributed by atoms with E-state index in [9.17, 15) is 15.3 Å². The Labute approximate surface area is 112 Å². The lowest BCUT2D eigenvalue weighted by atomic mass is 10.1. The zero-order valence-electron chi connectivity index (χ0n) is 10.2. The molecule has 0 saturated carbocycles. The van der Waals surface area contributed by atoms with Gasteiger partial charge in [0.1, 0.15) is 12.2 Å². The Morgan fingerprint density at radius 1 is 1.35 bits per heavy atom. The summed E-state index contributed by atoms with van der Waals surface area (Å²) in [6, 6.07) is -0.810. The summed E-state index contributed by atoms with van der Waals surface area (Å²) in [6.07, 6.45) is -4.30. The van der Waals surface area contributed by atoms with E-state index in [1.54, 1.807) is 0 Å². The first-order valence-corrected chi connectivity index (χ1v) is 5.99. The number of quaternary nitrogens is 1. The first kappa shape index (κ1) is 13.3. The second kappa shape index (κ2) is 4.68. The van der Waals surface area contributed by atoms with Gasteiger partial charge in [0.05, 0.1) is 12.6 Å². The van der Waals surface area contributed by atoms with Gasteiger partial charge in [-0.05, 0) is 0 Å². The van der Waals surface area contributed by atoms with Crippen LogP contribution in [0.3, 0.4) is 0 Å². The molecule has 0 aromatic rings. The molecule has 1 fully saturated rings. The van der Waals surface area contributed by atoms with Crippen molar-refractivity contribution in [3.63, 3.8) is 0 Å². The second-order valence-electron chi connectivity index (χ2n) is 4.65. The number of aliphatic hydroxyl groups is 3. The zero-order chi connectivity index (χ0) is 14.4. The number of aliphatic hydroxyl groups excluding tert-OH is 3. The third-order valence-electron chi connectivity index (χ3n) is 3.46. The summed E-state index contributed by atoms with van der Waals surface area (Å²) in [4.78, 5) is 11.5. The largest absolute Gasteiger partial charge is 0.844 e. The predicted molar refractivity (Wildman–Crippen MR) is 63.6 cm³/mol. The van der Waals surface area contributed by atoms with Crippen molar-refractivity contribution in [3.05, 3.63) is 0 Å². The Morgan fingerprint density at radius 2 is 2.10 bits per heavy atom. The lowest BCUT2D eigenvalue weighted by Gasteiger charge is -2.23. The number of aliphatic imine (C=N–C) groups is 3. The highest BCUT2D eigenvalue weighted by molar-refractivity contribution is 6.68. The van der Waals surface area contributed by atoms with E-state index >= 15 is 0 Å². The molecule has 0 radical (unpaired) electrons. The molecule has 3 rings (SSSR count). The number of fused-ring (bicyclic) bond motifs is 1. The van der Waals surface area contributed by atoms with E-state index < -0.39 is 37.2 Å². The number of amidine groups is 3. The standard InChI is InChI=1S/C10H13N5O5/c11-7-4-8(14-10(19)13-7)15(2-12-4)9-6(18)5(17)3(1-16)20-9/h3,5-6,9,16-18H,1-2H2,(H2,11,13,19). The lowest BCUT2D eigenvalue weighted by molar-refractivity contribution is -0.858. The average molecular weight is 283 g/mol. The van der Waals surface area contributed by atoms with E-state index in [1.807, 2.05) is 0 Å². The maximum atomic E-state index is 11.3. The molecule has 10 heteroatoms. The van der Waals surface area contributed by atoms with Crippen molar-refractivity contribution >= 4 is 23.4 Å². The van der Waals surface area contributed by atoms with Gasteiger partial charge in [0.15, 0.2) is 24.3 Å². The smallest absolute Gasteiger partial charge is 0.260 e.